The molecule has 9 nitrogen and oxygen atoms in total. The maximum atomic E-state index is 12.1. The summed E-state index contributed by atoms with van der Waals surface area (Å²) in [4.78, 5) is 24.1. The Morgan fingerprint density at radius 3 is 1.24 bits per heavy atom. The second kappa shape index (κ2) is 24.1. The van der Waals surface area contributed by atoms with Crippen LogP contribution in [0.2, 0.25) is 0 Å². The number of benzene rings is 10. The molecule has 0 fully saturated rings. The number of anilines is 2. The van der Waals surface area contributed by atoms with Crippen molar-refractivity contribution < 1.29 is 35.8 Å². The van der Waals surface area contributed by atoms with Crippen LogP contribution in [0.4, 0.5) is 11.4 Å². The standard InChI is InChI=1S/C35H35O6P.C34H26NO2P/c1-4-6-20-38-32(36)18-10-24-8-14-28-26(22-24)12-16-30-34(28)35-29-15-9-25(11-19-33(37)39-21-7-5-2)23-27(29)13-17-31(35)41-42(3)40-30;1-23-11-17-27(18-12-23)35(28-19-13-24(2)14-20-28)38-36-31-21-15-25-7-3-5-9-29(25)33(31)34-30-10-6-4-8-26(30)16-22-32(34)37-38/h8-19,22-23H,4-7,20-21H2,1-3H3;3-22H,1-2H3/b18-10+,19-11+;. The summed E-state index contributed by atoms with van der Waals surface area (Å²) in [7, 11) is -2.76. The first-order valence-electron chi connectivity index (χ1n) is 27.2. The summed E-state index contributed by atoms with van der Waals surface area (Å²) >= 11 is 0. The molecule has 12 rings (SSSR count). The highest BCUT2D eigenvalue weighted by Gasteiger charge is 2.21. The Bertz CT molecular complexity index is 4150. The number of hydrogen-bond acceptors (Lipinski definition) is 9. The monoisotopic (exact) mass is 1090 g/mol. The average Bonchev–Trinajstić information content (AvgIpc) is 3.85. The SMILES string of the molecule is CCCCOC(=O)/C=C/c1ccc2c(ccc3op(C)oc4ccc5cc(/C=C/C(=O)OCCCC)ccc5c4c32)c1.Cc1ccc(N(c2ccc(C)cc2)p2oc3ccc4ccccc4c3c3c(ccc4ccccc43)o2)cc1. The Hall–Kier alpha value is -8.74. The molecule has 0 aliphatic heterocycles. The van der Waals surface area contributed by atoms with Crippen LogP contribution in [0.25, 0.3) is 99.1 Å². The number of carbonyl (C=O) groups is 2. The first kappa shape index (κ1) is 53.3. The number of esters is 2. The van der Waals surface area contributed by atoms with Gasteiger partial charge in [0, 0.05) is 40.4 Å². The van der Waals surface area contributed by atoms with E-state index in [9.17, 15) is 9.59 Å². The van der Waals surface area contributed by atoms with Gasteiger partial charge >= 0.3 is 20.1 Å². The molecule has 0 radical (unpaired) electrons. The highest BCUT2D eigenvalue weighted by atomic mass is 31.1. The van der Waals surface area contributed by atoms with E-state index in [1.165, 1.54) is 34.1 Å². The lowest BCUT2D eigenvalue weighted by atomic mass is 9.96. The number of unbranched alkanes of at least 4 members (excludes halogenated alkanes) is 2. The van der Waals surface area contributed by atoms with Crippen LogP contribution in [0, 0.1) is 13.8 Å². The maximum Gasteiger partial charge on any atom is 0.346 e. The second-order valence-electron chi connectivity index (χ2n) is 19.9. The van der Waals surface area contributed by atoms with Gasteiger partial charge in [-0.15, -0.1) is 0 Å². The lowest BCUT2D eigenvalue weighted by Gasteiger charge is -2.21. The van der Waals surface area contributed by atoms with Crippen molar-refractivity contribution in [3.8, 4) is 0 Å². The van der Waals surface area contributed by atoms with E-state index in [0.717, 1.165) is 124 Å². The van der Waals surface area contributed by atoms with Crippen molar-refractivity contribution in [1.29, 1.82) is 0 Å². The molecule has 0 unspecified atom stereocenters. The number of carbonyl (C=O) groups excluding carboxylic acids is 2. The number of aryl methyl sites for hydroxylation is 3. The largest absolute Gasteiger partial charge is 0.463 e. The second-order valence-corrected chi connectivity index (χ2v) is 22.4. The summed E-state index contributed by atoms with van der Waals surface area (Å²) in [6, 6.07) is 62.8. The average molecular weight is 1090 g/mol. The van der Waals surface area contributed by atoms with Gasteiger partial charge in [0.1, 0.15) is 22.3 Å². The van der Waals surface area contributed by atoms with Crippen LogP contribution in [0.15, 0.2) is 211 Å². The maximum absolute atomic E-state index is 12.1. The molecule has 400 valence electrons. The Balaban J connectivity index is 0.000000169. The summed E-state index contributed by atoms with van der Waals surface area (Å²) in [6.07, 6.45) is 10.2. The molecule has 11 heteroatoms. The van der Waals surface area contributed by atoms with Crippen LogP contribution in [-0.2, 0) is 25.7 Å². The van der Waals surface area contributed by atoms with E-state index in [2.05, 4.69) is 178 Å². The molecule has 10 aromatic carbocycles. The lowest BCUT2D eigenvalue weighted by molar-refractivity contribution is -0.138. The quantitative estimate of drug-likeness (QED) is 0.0633. The minimum Gasteiger partial charge on any atom is -0.463 e. The fourth-order valence-electron chi connectivity index (χ4n) is 10.0. The van der Waals surface area contributed by atoms with Crippen molar-refractivity contribution in [2.24, 2.45) is 6.66 Å². The van der Waals surface area contributed by atoms with E-state index < -0.39 is 16.2 Å². The Labute approximate surface area is 466 Å². The summed E-state index contributed by atoms with van der Waals surface area (Å²) < 4.78 is 39.0. The highest BCUT2D eigenvalue weighted by Crippen LogP contribution is 2.48. The summed E-state index contributed by atoms with van der Waals surface area (Å²) in [5.74, 6) is -0.675. The fraction of sp³-hybridized carbons (Fsp3) is 0.159. The van der Waals surface area contributed by atoms with Crippen LogP contribution in [-0.4, -0.2) is 25.2 Å². The molecule has 80 heavy (non-hydrogen) atoms. The van der Waals surface area contributed by atoms with Gasteiger partial charge in [-0.2, -0.15) is 0 Å². The van der Waals surface area contributed by atoms with Gasteiger partial charge in [0.05, 0.1) is 24.6 Å². The predicted octanol–water partition coefficient (Wildman–Crippen LogP) is 20.7. The summed E-state index contributed by atoms with van der Waals surface area (Å²) in [6.45, 7) is 11.1. The van der Waals surface area contributed by atoms with Crippen molar-refractivity contribution in [2.45, 2.75) is 53.4 Å². The molecular weight excluding hydrogens is 1030 g/mol. The minimum atomic E-state index is -1.58. The van der Waals surface area contributed by atoms with Gasteiger partial charge in [0.15, 0.2) is 0 Å². The molecule has 2 aromatic heterocycles. The van der Waals surface area contributed by atoms with Crippen molar-refractivity contribution in [2.75, 3.05) is 17.9 Å². The molecule has 0 amide bonds. The van der Waals surface area contributed by atoms with E-state index in [1.807, 2.05) is 43.1 Å². The van der Waals surface area contributed by atoms with Crippen LogP contribution in [0.3, 0.4) is 0 Å². The molecule has 0 aliphatic rings. The number of hydrogen-bond donors (Lipinski definition) is 0. The Morgan fingerprint density at radius 1 is 0.450 bits per heavy atom. The van der Waals surface area contributed by atoms with Gasteiger partial charge in [0.25, 0.3) is 0 Å². The Kier molecular flexibility index (Phi) is 16.0. The van der Waals surface area contributed by atoms with E-state index in [-0.39, 0.29) is 11.9 Å². The zero-order valence-electron chi connectivity index (χ0n) is 45.5. The van der Waals surface area contributed by atoms with Gasteiger partial charge in [-0.05, 0) is 154 Å². The molecule has 2 heterocycles. The molecule has 0 spiro atoms. The molecule has 0 N–H and O–H groups in total. The fourth-order valence-corrected chi connectivity index (χ4v) is 12.4. The zero-order valence-corrected chi connectivity index (χ0v) is 47.3. The van der Waals surface area contributed by atoms with Crippen molar-refractivity contribution in [1.82, 2.24) is 0 Å². The van der Waals surface area contributed by atoms with E-state index in [1.54, 1.807) is 12.2 Å². The number of rotatable bonds is 13. The third-order valence-electron chi connectivity index (χ3n) is 14.1. The lowest BCUT2D eigenvalue weighted by Crippen LogP contribution is -2.05. The highest BCUT2D eigenvalue weighted by molar-refractivity contribution is 7.40. The van der Waals surface area contributed by atoms with E-state index in [0.29, 0.717) is 13.2 Å². The topological polar surface area (TPSA) is 108 Å². The molecule has 0 saturated heterocycles. The van der Waals surface area contributed by atoms with Crippen LogP contribution >= 0.6 is 16.2 Å². The number of nitrogens with zero attached hydrogens (tertiary/aromatic N) is 1. The molecule has 0 bridgehead atoms. The van der Waals surface area contributed by atoms with Crippen molar-refractivity contribution >= 4 is 139 Å². The molecule has 0 aliphatic carbocycles. The first-order valence-corrected chi connectivity index (χ1v) is 29.9. The van der Waals surface area contributed by atoms with Gasteiger partial charge < -0.3 is 26.3 Å². The van der Waals surface area contributed by atoms with Crippen LogP contribution in [0.5, 0.6) is 0 Å². The summed E-state index contributed by atoms with van der Waals surface area (Å²) in [5.41, 5.74) is 9.47. The Morgan fingerprint density at radius 2 is 0.825 bits per heavy atom. The van der Waals surface area contributed by atoms with Crippen LogP contribution < -0.4 is 4.67 Å². The van der Waals surface area contributed by atoms with E-state index in [4.69, 9.17) is 26.3 Å². The van der Waals surface area contributed by atoms with Gasteiger partial charge in [-0.1, -0.05) is 159 Å². The smallest absolute Gasteiger partial charge is 0.346 e. The molecule has 12 aromatic rings. The normalized spacial score (nSPS) is 11.6. The van der Waals surface area contributed by atoms with Crippen molar-refractivity contribution in [3.63, 3.8) is 0 Å². The van der Waals surface area contributed by atoms with Gasteiger partial charge in [-0.25, -0.2) is 14.3 Å². The third kappa shape index (κ3) is 11.5. The number of ether oxygens (including phenoxy) is 2. The van der Waals surface area contributed by atoms with E-state index >= 15 is 0 Å². The minimum absolute atomic E-state index is 0.338. The third-order valence-corrected chi connectivity index (χ3v) is 16.5. The predicted molar refractivity (Wildman–Crippen MR) is 333 cm³/mol. The first-order chi connectivity index (χ1) is 39.1. The molecule has 0 saturated carbocycles. The number of fused-ring (bicyclic) bond motifs is 14. The van der Waals surface area contributed by atoms with Crippen LogP contribution in [0.1, 0.15) is 61.8 Å². The summed E-state index contributed by atoms with van der Waals surface area (Å²) in [5, 5.41) is 12.8. The van der Waals surface area contributed by atoms with Crippen molar-refractivity contribution in [3.05, 3.63) is 216 Å². The molecule has 0 atom stereocenters. The molecular formula is C69H61NO8P2. The zero-order chi connectivity index (χ0) is 55.1. The van der Waals surface area contributed by atoms with Gasteiger partial charge in [-0.3, -0.25) is 0 Å². The van der Waals surface area contributed by atoms with Gasteiger partial charge in [0.2, 0.25) is 8.01 Å².